The number of rotatable bonds is 5. The molecule has 0 amide bonds. The highest BCUT2D eigenvalue weighted by atomic mass is 32.2. The van der Waals surface area contributed by atoms with Crippen molar-refractivity contribution in [3.63, 3.8) is 0 Å². The molecule has 2 aromatic heterocycles. The van der Waals surface area contributed by atoms with Crippen molar-refractivity contribution in [2.24, 2.45) is 0 Å². The third kappa shape index (κ3) is 3.17. The molecule has 0 aliphatic rings. The van der Waals surface area contributed by atoms with Crippen LogP contribution < -0.4 is 4.72 Å². The topological polar surface area (TPSA) is 93.4 Å². The molecule has 1 atom stereocenters. The molecule has 126 valence electrons. The first-order valence-electron chi connectivity index (χ1n) is 7.19. The maximum atomic E-state index is 11.9. The molecule has 0 radical (unpaired) electrons. The Hall–Kier alpha value is -2.26. The molecular formula is C15H16N4O3S2. The molecule has 0 bridgehead atoms. The maximum Gasteiger partial charge on any atom is 0.237 e. The fourth-order valence-corrected chi connectivity index (χ4v) is 3.31. The molecule has 3 aromatic rings. The highest BCUT2D eigenvalue weighted by Crippen LogP contribution is 2.29. The molecule has 0 aliphatic heterocycles. The van der Waals surface area contributed by atoms with Crippen LogP contribution in [0.15, 0.2) is 47.8 Å². The van der Waals surface area contributed by atoms with E-state index >= 15 is 0 Å². The minimum atomic E-state index is -3.40. The summed E-state index contributed by atoms with van der Waals surface area (Å²) in [5.41, 5.74) is 2.57. The predicted molar refractivity (Wildman–Crippen MR) is 93.8 cm³/mol. The number of benzene rings is 1. The van der Waals surface area contributed by atoms with E-state index in [0.29, 0.717) is 16.9 Å². The lowest BCUT2D eigenvalue weighted by Crippen LogP contribution is -2.15. The van der Waals surface area contributed by atoms with Crippen LogP contribution in [0.25, 0.3) is 16.8 Å². The molecule has 0 saturated carbocycles. The summed E-state index contributed by atoms with van der Waals surface area (Å²) in [5.74, 6) is -0.0165. The zero-order valence-electron chi connectivity index (χ0n) is 13.1. The van der Waals surface area contributed by atoms with Crippen LogP contribution in [0.2, 0.25) is 0 Å². The van der Waals surface area contributed by atoms with Gasteiger partial charge < -0.3 is 0 Å². The molecule has 3 rings (SSSR count). The van der Waals surface area contributed by atoms with Crippen LogP contribution in [0.4, 0.5) is 5.69 Å². The molecule has 9 heteroatoms. The second kappa shape index (κ2) is 6.33. The zero-order valence-corrected chi connectivity index (χ0v) is 14.8. The smallest absolute Gasteiger partial charge is 0.237 e. The first-order valence-corrected chi connectivity index (χ1v) is 10.4. The number of aromatic nitrogens is 3. The fourth-order valence-electron chi connectivity index (χ4n) is 2.26. The average molecular weight is 364 g/mol. The third-order valence-electron chi connectivity index (χ3n) is 3.48. The van der Waals surface area contributed by atoms with Crippen molar-refractivity contribution in [2.45, 2.75) is 12.1 Å². The summed E-state index contributed by atoms with van der Waals surface area (Å²) >= 11 is 0. The Morgan fingerprint density at radius 3 is 2.67 bits per heavy atom. The van der Waals surface area contributed by atoms with Gasteiger partial charge >= 0.3 is 0 Å². The van der Waals surface area contributed by atoms with Gasteiger partial charge in [-0.1, -0.05) is 18.2 Å². The Balaban J connectivity index is 2.18. The van der Waals surface area contributed by atoms with Crippen molar-refractivity contribution in [2.75, 3.05) is 16.7 Å². The molecule has 0 saturated heterocycles. The number of hydrogen-bond acceptors (Lipinski definition) is 5. The number of para-hydroxylation sites is 1. The second-order valence-electron chi connectivity index (χ2n) is 5.10. The molecule has 7 nitrogen and oxygen atoms in total. The van der Waals surface area contributed by atoms with Crippen LogP contribution in [-0.2, 0) is 20.8 Å². The van der Waals surface area contributed by atoms with Crippen molar-refractivity contribution in [3.05, 3.63) is 42.6 Å². The molecule has 24 heavy (non-hydrogen) atoms. The molecule has 1 unspecified atom stereocenters. The number of nitrogens with one attached hydrogen (secondary N) is 1. The van der Waals surface area contributed by atoms with E-state index in [1.54, 1.807) is 35.8 Å². The molecule has 0 spiro atoms. The zero-order chi connectivity index (χ0) is 17.3. The number of hydrogen-bond donors (Lipinski definition) is 1. The minimum Gasteiger partial charge on any atom is -0.283 e. The van der Waals surface area contributed by atoms with E-state index in [9.17, 15) is 12.6 Å². The van der Waals surface area contributed by atoms with Gasteiger partial charge in [-0.15, -0.1) is 5.10 Å². The quantitative estimate of drug-likeness (QED) is 0.746. The Bertz CT molecular complexity index is 1030. The molecule has 1 N–H and O–H groups in total. The number of anilines is 1. The van der Waals surface area contributed by atoms with Gasteiger partial charge in [-0.05, 0) is 25.1 Å². The van der Waals surface area contributed by atoms with Crippen molar-refractivity contribution in [3.8, 4) is 11.3 Å². The molecule has 0 fully saturated rings. The first kappa shape index (κ1) is 16.6. The summed E-state index contributed by atoms with van der Waals surface area (Å²) in [6.07, 6.45) is 3.10. The van der Waals surface area contributed by atoms with E-state index in [1.807, 2.05) is 18.2 Å². The SMILES string of the molecule is CCS(=O)(=O)Nc1ccccc1-c1ccc2cnc(S(C)=O)nn12. The summed E-state index contributed by atoms with van der Waals surface area (Å²) in [4.78, 5) is 4.06. The lowest BCUT2D eigenvalue weighted by atomic mass is 10.1. The average Bonchev–Trinajstić information content (AvgIpc) is 2.98. The molecule has 2 heterocycles. The van der Waals surface area contributed by atoms with Crippen LogP contribution in [0.1, 0.15) is 6.92 Å². The lowest BCUT2D eigenvalue weighted by molar-refractivity contribution is 0.602. The third-order valence-corrected chi connectivity index (χ3v) is 5.48. The van der Waals surface area contributed by atoms with Gasteiger partial charge in [0.15, 0.2) is 0 Å². The molecule has 1 aromatic carbocycles. The van der Waals surface area contributed by atoms with Crippen molar-refractivity contribution >= 4 is 32.0 Å². The van der Waals surface area contributed by atoms with Gasteiger partial charge in [0.05, 0.1) is 39.6 Å². The normalized spacial score (nSPS) is 13.1. The van der Waals surface area contributed by atoms with Crippen LogP contribution in [-0.4, -0.2) is 39.2 Å². The lowest BCUT2D eigenvalue weighted by Gasteiger charge is -2.11. The summed E-state index contributed by atoms with van der Waals surface area (Å²) in [7, 11) is -4.71. The summed E-state index contributed by atoms with van der Waals surface area (Å²) < 4.78 is 39.7. The van der Waals surface area contributed by atoms with Gasteiger partial charge in [0.2, 0.25) is 15.2 Å². The fraction of sp³-hybridized carbons (Fsp3) is 0.200. The van der Waals surface area contributed by atoms with Gasteiger partial charge in [0.25, 0.3) is 0 Å². The van der Waals surface area contributed by atoms with Crippen LogP contribution in [0.3, 0.4) is 0 Å². The van der Waals surface area contributed by atoms with E-state index in [-0.39, 0.29) is 10.9 Å². The van der Waals surface area contributed by atoms with Crippen molar-refractivity contribution in [1.82, 2.24) is 14.6 Å². The van der Waals surface area contributed by atoms with Gasteiger partial charge in [0.1, 0.15) is 0 Å². The number of nitrogens with zero attached hydrogens (tertiary/aromatic N) is 3. The van der Waals surface area contributed by atoms with Gasteiger partial charge in [0, 0.05) is 11.8 Å². The second-order valence-corrected chi connectivity index (χ2v) is 8.39. The van der Waals surface area contributed by atoms with Crippen LogP contribution in [0.5, 0.6) is 0 Å². The van der Waals surface area contributed by atoms with Crippen LogP contribution in [0, 0.1) is 0 Å². The maximum absolute atomic E-state index is 11.9. The Morgan fingerprint density at radius 1 is 1.21 bits per heavy atom. The van der Waals surface area contributed by atoms with Gasteiger partial charge in [-0.25, -0.2) is 17.9 Å². The van der Waals surface area contributed by atoms with E-state index in [1.165, 1.54) is 6.26 Å². The Labute approximate surface area is 142 Å². The predicted octanol–water partition coefficient (Wildman–Crippen LogP) is 1.90. The minimum absolute atomic E-state index is 0.0165. The highest BCUT2D eigenvalue weighted by molar-refractivity contribution is 7.92. The first-order chi connectivity index (χ1) is 11.4. The van der Waals surface area contributed by atoms with Gasteiger partial charge in [-0.2, -0.15) is 0 Å². The summed E-state index contributed by atoms with van der Waals surface area (Å²) in [6.45, 7) is 1.58. The summed E-state index contributed by atoms with van der Waals surface area (Å²) in [5, 5.41) is 4.51. The van der Waals surface area contributed by atoms with Crippen LogP contribution >= 0.6 is 0 Å². The largest absolute Gasteiger partial charge is 0.283 e. The van der Waals surface area contributed by atoms with E-state index in [0.717, 1.165) is 5.52 Å². The van der Waals surface area contributed by atoms with Gasteiger partial charge in [-0.3, -0.25) is 8.93 Å². The molecule has 0 aliphatic carbocycles. The number of sulfonamides is 1. The monoisotopic (exact) mass is 364 g/mol. The standard InChI is InChI=1S/C15H16N4O3S2/c1-3-24(21,22)18-13-7-5-4-6-12(13)14-9-8-11-10-16-15(23(2)20)17-19(11)14/h4-10,18H,3H2,1-2H3. The Morgan fingerprint density at radius 2 is 1.96 bits per heavy atom. The van der Waals surface area contributed by atoms with Crippen molar-refractivity contribution < 1.29 is 12.6 Å². The summed E-state index contributed by atoms with van der Waals surface area (Å²) in [6, 6.07) is 10.7. The molecular weight excluding hydrogens is 348 g/mol. The van der Waals surface area contributed by atoms with E-state index < -0.39 is 20.8 Å². The van der Waals surface area contributed by atoms with E-state index in [4.69, 9.17) is 0 Å². The van der Waals surface area contributed by atoms with Crippen molar-refractivity contribution in [1.29, 1.82) is 0 Å². The number of fused-ring (bicyclic) bond motifs is 1. The Kier molecular flexibility index (Phi) is 4.37. The van der Waals surface area contributed by atoms with E-state index in [2.05, 4.69) is 14.8 Å². The highest BCUT2D eigenvalue weighted by Gasteiger charge is 2.15.